The number of para-hydroxylation sites is 2. The van der Waals surface area contributed by atoms with Crippen molar-refractivity contribution < 1.29 is 9.59 Å². The second kappa shape index (κ2) is 27.9. The quantitative estimate of drug-likeness (QED) is 0.121. The van der Waals surface area contributed by atoms with Gasteiger partial charge in [-0.3, -0.25) is 9.59 Å². The molecule has 8 aromatic carbocycles. The average Bonchev–Trinajstić information content (AvgIpc) is 1.48. The highest BCUT2D eigenvalue weighted by atomic mass is 16.1. The number of nitrogens with zero attached hydrogens (tertiary/aromatic N) is 4. The summed E-state index contributed by atoms with van der Waals surface area (Å²) in [4.78, 5) is 48.3. The minimum absolute atomic E-state index is 0.0438. The van der Waals surface area contributed by atoms with Gasteiger partial charge in [0.1, 0.15) is 0 Å². The molecule has 0 radical (unpaired) electrons. The second-order valence-corrected chi connectivity index (χ2v) is 35.4. The molecule has 24 rings (SSSR count). The number of likely N-dealkylation sites (tertiary alicyclic amines) is 1. The van der Waals surface area contributed by atoms with E-state index in [-0.39, 0.29) is 41.4 Å². The Hall–Kier alpha value is -12.9. The first kappa shape index (κ1) is 71.2. The predicted molar refractivity (Wildman–Crippen MR) is 483 cm³/mol. The van der Waals surface area contributed by atoms with Crippen molar-refractivity contribution in [2.24, 2.45) is 41.4 Å². The molecule has 12 aliphatic carbocycles. The van der Waals surface area contributed by atoms with Gasteiger partial charge < -0.3 is 19.6 Å². The molecular formula is C114H94N4O2. The van der Waals surface area contributed by atoms with Gasteiger partial charge in [-0.2, -0.15) is 0 Å². The molecule has 0 aromatic heterocycles. The normalized spacial score (nSPS) is 28.8. The summed E-state index contributed by atoms with van der Waals surface area (Å²) in [6.07, 6.45) is 69.4. The van der Waals surface area contributed by atoms with Crippen LogP contribution in [0.3, 0.4) is 0 Å². The molecule has 0 N–H and O–H groups in total. The number of hydrogen-bond donors (Lipinski definition) is 0. The van der Waals surface area contributed by atoms with Crippen molar-refractivity contribution in [1.82, 2.24) is 9.80 Å². The van der Waals surface area contributed by atoms with Gasteiger partial charge in [0.25, 0.3) is 0 Å². The van der Waals surface area contributed by atoms with Crippen LogP contribution in [0.25, 0.3) is 0 Å². The summed E-state index contributed by atoms with van der Waals surface area (Å²) in [5, 5.41) is 0. The van der Waals surface area contributed by atoms with Crippen molar-refractivity contribution in [3.63, 3.8) is 0 Å². The molecule has 120 heavy (non-hydrogen) atoms. The average molecular weight is 1550 g/mol. The van der Waals surface area contributed by atoms with E-state index in [1.54, 1.807) is 0 Å². The van der Waals surface area contributed by atoms with E-state index in [9.17, 15) is 0 Å². The number of allylic oxidation sites excluding steroid dienone is 32. The van der Waals surface area contributed by atoms with Crippen LogP contribution in [-0.2, 0) is 31.2 Å². The zero-order valence-corrected chi connectivity index (χ0v) is 67.5. The number of carbonyl (C=O) groups excluding carboxylic acids is 2. The number of anilines is 2. The van der Waals surface area contributed by atoms with Crippen molar-refractivity contribution >= 4 is 22.9 Å². The predicted octanol–water partition coefficient (Wildman–Crippen LogP) is 24.2. The highest BCUT2D eigenvalue weighted by molar-refractivity contribution is 6.15. The molecule has 11 unspecified atom stereocenters. The van der Waals surface area contributed by atoms with Gasteiger partial charge in [0.15, 0.2) is 11.6 Å². The van der Waals surface area contributed by atoms with E-state index in [1.807, 2.05) is 0 Å². The lowest BCUT2D eigenvalue weighted by atomic mass is 9.50. The Morgan fingerprint density at radius 3 is 1.52 bits per heavy atom. The van der Waals surface area contributed by atoms with Gasteiger partial charge in [-0.05, 0) is 168 Å². The number of piperidine rings is 1. The van der Waals surface area contributed by atoms with Crippen molar-refractivity contribution in [2.45, 2.75) is 104 Å². The molecule has 1 saturated heterocycles. The Morgan fingerprint density at radius 1 is 0.358 bits per heavy atom. The summed E-state index contributed by atoms with van der Waals surface area (Å²) in [5.74, 6) is -2.86. The van der Waals surface area contributed by atoms with Crippen molar-refractivity contribution in [3.8, 4) is 0 Å². The van der Waals surface area contributed by atoms with Crippen LogP contribution in [-0.4, -0.2) is 33.4 Å². The fourth-order valence-corrected chi connectivity index (χ4v) is 26.3. The Balaban J connectivity index is 0.819. The molecule has 0 amide bonds. The molecule has 2 saturated carbocycles. The highest BCUT2D eigenvalue weighted by Gasteiger charge is 2.70. The van der Waals surface area contributed by atoms with Gasteiger partial charge in [0.2, 0.25) is 0 Å². The van der Waals surface area contributed by atoms with Crippen LogP contribution in [0.15, 0.2) is 467 Å². The number of Topliss-reactive ketones (excluding diaryl/α,β-unsaturated/α-hetero) is 2. The molecule has 3 fully saturated rings. The van der Waals surface area contributed by atoms with Crippen molar-refractivity contribution in [2.75, 3.05) is 9.80 Å². The first-order chi connectivity index (χ1) is 59.5. The summed E-state index contributed by atoms with van der Waals surface area (Å²) in [5.41, 5.74) is 25.9. The zero-order valence-electron chi connectivity index (χ0n) is 67.5. The fraction of sp³-hybridized carbons (Fsp3) is 0.211. The first-order valence-corrected chi connectivity index (χ1v) is 44.2. The van der Waals surface area contributed by atoms with Gasteiger partial charge in [-0.15, -0.1) is 0 Å². The number of hydrogen-bond acceptors (Lipinski definition) is 6. The number of carbonyl (C=O) groups is 2. The number of ketones is 2. The Bertz CT molecular complexity index is 6280. The maximum absolute atomic E-state index is 18.9. The van der Waals surface area contributed by atoms with Crippen molar-refractivity contribution in [3.05, 3.63) is 512 Å². The summed E-state index contributed by atoms with van der Waals surface area (Å²) in [7, 11) is 0. The largest absolute Gasteiger partial charge is 0.337 e. The highest BCUT2D eigenvalue weighted by Crippen LogP contribution is 2.71. The van der Waals surface area contributed by atoms with Gasteiger partial charge >= 0.3 is 0 Å². The lowest BCUT2D eigenvalue weighted by molar-refractivity contribution is -0.119. The lowest BCUT2D eigenvalue weighted by Crippen LogP contribution is -2.60. The minimum atomic E-state index is -0.796. The zero-order chi connectivity index (χ0) is 79.4. The summed E-state index contributed by atoms with van der Waals surface area (Å²) < 4.78 is 0. The standard InChI is InChI=1S/C114H94N4O2/c119-109-103-99(115-91-65-33-25-57-83(91)111(75-41-9-1-10-42-75,76-43-11-2-12-44-76)84-58-26-34-66-92(84)115)73-100(116-93-67-35-27-59-85(93)112(77-45-13-3-14-46-77,78-47-15-4-16-48-78)86-60-28-36-68-94(86)116)104-107(103)108-105(109)101(117-95-69-37-29-61-87(95)113(79-49-17-5-18-50-79,80-51-19-6-20-52-80)88-62-30-38-70-96(88)117)74-102(106(108)110(104)120)118-97-71-39-31-63-89(97)114(81-53-21-7-22-54-81,82-55-23-8-24-56-82)90-64-32-40-72-98(90)118/h1-15,17-19,21-29,31,33-38,41-47,49-51,53-59,61,63-70,72-74,83,85-86,91,93,103,106-108H,16,20,30,32,39-40,48,52,60,62,71H2. The fourth-order valence-electron chi connectivity index (χ4n) is 26.3. The number of benzene rings is 8. The molecule has 582 valence electrons. The summed E-state index contributed by atoms with van der Waals surface area (Å²) in [6, 6.07) is 85.7. The molecule has 0 spiro atoms. The number of fused-ring (bicyclic) bond motifs is 6. The Labute approximate surface area is 704 Å². The maximum Gasteiger partial charge on any atom is 0.170 e. The Morgan fingerprint density at radius 2 is 0.867 bits per heavy atom. The van der Waals surface area contributed by atoms with Crippen LogP contribution in [0.1, 0.15) is 115 Å². The van der Waals surface area contributed by atoms with Gasteiger partial charge in [-0.25, -0.2) is 0 Å². The lowest BCUT2D eigenvalue weighted by Gasteiger charge is -2.61. The molecule has 6 heteroatoms. The van der Waals surface area contributed by atoms with E-state index < -0.39 is 45.3 Å². The van der Waals surface area contributed by atoms with Gasteiger partial charge in [-0.1, -0.05) is 357 Å². The molecule has 4 aliphatic heterocycles. The molecule has 8 aromatic rings. The van der Waals surface area contributed by atoms with Crippen LogP contribution in [0.4, 0.5) is 11.4 Å². The second-order valence-electron chi connectivity index (χ2n) is 35.4. The van der Waals surface area contributed by atoms with E-state index in [1.165, 1.54) is 83.8 Å². The van der Waals surface area contributed by atoms with E-state index in [0.717, 1.165) is 127 Å². The van der Waals surface area contributed by atoms with Gasteiger partial charge in [0, 0.05) is 86.0 Å². The monoisotopic (exact) mass is 1550 g/mol. The molecule has 11 atom stereocenters. The molecule has 4 heterocycles. The summed E-state index contributed by atoms with van der Waals surface area (Å²) >= 11 is 0. The smallest absolute Gasteiger partial charge is 0.170 e. The van der Waals surface area contributed by atoms with Crippen LogP contribution in [0.5, 0.6) is 0 Å². The molecule has 0 bridgehead atoms. The van der Waals surface area contributed by atoms with Crippen molar-refractivity contribution in [1.29, 1.82) is 0 Å². The Kier molecular flexibility index (Phi) is 16.5. The van der Waals surface area contributed by atoms with E-state index in [2.05, 4.69) is 402 Å². The SMILES string of the molecule is O=C1C2=C(N3C4=CC=CCC4C(C4=CC=CCC4)(c4ccccc4)C4C=CC=CC43)C=C(N3c4ccccc4C(c4ccccc4)(c4ccccc4)C4C=CC=CC43)C3C(=O)C4=C(N5C6=C(CCC=C6)C(C6=CC=CCC6)(c6ccccc6)c6ccccc65)C=C(N5C6=CCCC=C6C(c6ccccc6)(c6ccccc6)C6=C5CCC=C6)C1C4C23. The maximum atomic E-state index is 18.9. The molecule has 6 nitrogen and oxygen atoms in total. The third kappa shape index (κ3) is 9.68. The van der Waals surface area contributed by atoms with Crippen LogP contribution in [0, 0.1) is 41.4 Å². The molecule has 16 aliphatic rings. The van der Waals surface area contributed by atoms with Crippen LogP contribution < -0.4 is 9.80 Å². The van der Waals surface area contributed by atoms with Gasteiger partial charge in [0.05, 0.1) is 57.2 Å². The van der Waals surface area contributed by atoms with E-state index in [4.69, 9.17) is 0 Å². The van der Waals surface area contributed by atoms with Crippen LogP contribution >= 0.6 is 0 Å². The third-order valence-electron chi connectivity index (χ3n) is 30.4. The third-order valence-corrected chi connectivity index (χ3v) is 30.4. The minimum Gasteiger partial charge on any atom is -0.337 e. The first-order valence-electron chi connectivity index (χ1n) is 44.2. The topological polar surface area (TPSA) is 47.1 Å². The van der Waals surface area contributed by atoms with Crippen LogP contribution in [0.2, 0.25) is 0 Å². The molecular weight excluding hydrogens is 1460 g/mol. The van der Waals surface area contributed by atoms with E-state index in [0.29, 0.717) is 0 Å². The van der Waals surface area contributed by atoms with E-state index >= 15 is 9.59 Å². The summed E-state index contributed by atoms with van der Waals surface area (Å²) in [6.45, 7) is 0. The number of rotatable bonds is 12.